The summed E-state index contributed by atoms with van der Waals surface area (Å²) in [5.41, 5.74) is 1.69. The Kier molecular flexibility index (Phi) is 3.52. The van der Waals surface area contributed by atoms with Gasteiger partial charge in [0.05, 0.1) is 0 Å². The highest BCUT2D eigenvalue weighted by atomic mass is 16.7. The highest BCUT2D eigenvalue weighted by molar-refractivity contribution is 5.61. The number of aromatic nitrogens is 2. The summed E-state index contributed by atoms with van der Waals surface area (Å²) in [5.74, 6) is 2.82. The molecule has 2 aromatic rings. The standard InChI is InChI=1S/C16H20N4O2/c1-10-7-14(20-16(2,3)4)19-15(17-10)18-11-5-6-12-13(8-11)22-9-21-12/h5-8H,9H2,1-4H3,(H2,17,18,19,20). The Labute approximate surface area is 129 Å². The van der Waals surface area contributed by atoms with E-state index in [2.05, 4.69) is 41.4 Å². The SMILES string of the molecule is Cc1cc(NC(C)(C)C)nc(Nc2ccc3c(c2)OCO3)n1. The first-order chi connectivity index (χ1) is 10.4. The Bertz CT molecular complexity index is 695. The maximum Gasteiger partial charge on any atom is 0.231 e. The number of aryl methyl sites for hydroxylation is 1. The molecule has 1 aliphatic heterocycles. The van der Waals surface area contributed by atoms with Gasteiger partial charge in [0.2, 0.25) is 12.7 Å². The van der Waals surface area contributed by atoms with Crippen molar-refractivity contribution in [3.8, 4) is 11.5 Å². The number of fused-ring (bicyclic) bond motifs is 1. The molecule has 3 rings (SSSR count). The summed E-state index contributed by atoms with van der Waals surface area (Å²) in [6.45, 7) is 8.49. The molecule has 0 fully saturated rings. The molecule has 116 valence electrons. The van der Waals surface area contributed by atoms with E-state index in [0.29, 0.717) is 5.95 Å². The van der Waals surface area contributed by atoms with Crippen molar-refractivity contribution in [1.82, 2.24) is 9.97 Å². The molecule has 0 unspecified atom stereocenters. The second-order valence-electron chi connectivity index (χ2n) is 6.29. The van der Waals surface area contributed by atoms with E-state index in [-0.39, 0.29) is 12.3 Å². The van der Waals surface area contributed by atoms with Gasteiger partial charge in [-0.1, -0.05) is 0 Å². The van der Waals surface area contributed by atoms with Gasteiger partial charge in [-0.15, -0.1) is 0 Å². The fraction of sp³-hybridized carbons (Fsp3) is 0.375. The van der Waals surface area contributed by atoms with Crippen LogP contribution in [0.25, 0.3) is 0 Å². The van der Waals surface area contributed by atoms with Gasteiger partial charge in [-0.05, 0) is 39.8 Å². The van der Waals surface area contributed by atoms with E-state index >= 15 is 0 Å². The molecule has 0 saturated carbocycles. The lowest BCUT2D eigenvalue weighted by Gasteiger charge is -2.21. The predicted molar refractivity (Wildman–Crippen MR) is 86.0 cm³/mol. The number of rotatable bonds is 3. The van der Waals surface area contributed by atoms with Gasteiger partial charge < -0.3 is 20.1 Å². The summed E-state index contributed by atoms with van der Waals surface area (Å²) in [6.07, 6.45) is 0. The first kappa shape index (κ1) is 14.4. The average Bonchev–Trinajstić information content (AvgIpc) is 2.83. The van der Waals surface area contributed by atoms with E-state index in [1.165, 1.54) is 0 Å². The van der Waals surface area contributed by atoms with Crippen LogP contribution in [-0.4, -0.2) is 22.3 Å². The molecule has 0 amide bonds. The Morgan fingerprint density at radius 3 is 2.59 bits per heavy atom. The number of benzene rings is 1. The van der Waals surface area contributed by atoms with Crippen molar-refractivity contribution in [3.05, 3.63) is 30.0 Å². The lowest BCUT2D eigenvalue weighted by molar-refractivity contribution is 0.174. The zero-order valence-electron chi connectivity index (χ0n) is 13.2. The van der Waals surface area contributed by atoms with Crippen molar-refractivity contribution in [1.29, 1.82) is 0 Å². The first-order valence-corrected chi connectivity index (χ1v) is 7.20. The molecule has 1 aromatic heterocycles. The molecule has 0 radical (unpaired) electrons. The van der Waals surface area contributed by atoms with Crippen LogP contribution in [0.15, 0.2) is 24.3 Å². The van der Waals surface area contributed by atoms with Gasteiger partial charge in [-0.2, -0.15) is 4.98 Å². The summed E-state index contributed by atoms with van der Waals surface area (Å²) < 4.78 is 10.7. The van der Waals surface area contributed by atoms with Crippen LogP contribution in [0.4, 0.5) is 17.5 Å². The van der Waals surface area contributed by atoms with Crippen LogP contribution in [0.2, 0.25) is 0 Å². The van der Waals surface area contributed by atoms with Crippen LogP contribution in [0.1, 0.15) is 26.5 Å². The fourth-order valence-electron chi connectivity index (χ4n) is 2.18. The third-order valence-electron chi connectivity index (χ3n) is 2.99. The zero-order valence-corrected chi connectivity index (χ0v) is 13.2. The highest BCUT2D eigenvalue weighted by Gasteiger charge is 2.15. The Balaban J connectivity index is 1.83. The minimum atomic E-state index is -0.0587. The number of nitrogens with zero attached hydrogens (tertiary/aromatic N) is 2. The van der Waals surface area contributed by atoms with Crippen molar-refractivity contribution >= 4 is 17.5 Å². The fourth-order valence-corrected chi connectivity index (χ4v) is 2.18. The second kappa shape index (κ2) is 5.36. The maximum atomic E-state index is 5.37. The maximum absolute atomic E-state index is 5.37. The molecule has 6 heteroatoms. The third kappa shape index (κ3) is 3.39. The number of nitrogens with one attached hydrogen (secondary N) is 2. The molecule has 22 heavy (non-hydrogen) atoms. The van der Waals surface area contributed by atoms with E-state index in [1.807, 2.05) is 31.2 Å². The molecule has 1 aromatic carbocycles. The average molecular weight is 300 g/mol. The van der Waals surface area contributed by atoms with E-state index in [4.69, 9.17) is 9.47 Å². The summed E-state index contributed by atoms with van der Waals surface area (Å²) in [7, 11) is 0. The minimum Gasteiger partial charge on any atom is -0.454 e. The number of anilines is 3. The Hall–Kier alpha value is -2.50. The predicted octanol–water partition coefficient (Wildman–Crippen LogP) is 3.47. The van der Waals surface area contributed by atoms with Crippen molar-refractivity contribution < 1.29 is 9.47 Å². The molecular weight excluding hydrogens is 280 g/mol. The molecular formula is C16H20N4O2. The van der Waals surface area contributed by atoms with Crippen LogP contribution in [0.3, 0.4) is 0 Å². The number of ether oxygens (including phenoxy) is 2. The van der Waals surface area contributed by atoms with Crippen molar-refractivity contribution in [2.24, 2.45) is 0 Å². The third-order valence-corrected chi connectivity index (χ3v) is 2.99. The van der Waals surface area contributed by atoms with Crippen molar-refractivity contribution in [2.75, 3.05) is 17.4 Å². The monoisotopic (exact) mass is 300 g/mol. The van der Waals surface area contributed by atoms with E-state index in [0.717, 1.165) is 28.7 Å². The van der Waals surface area contributed by atoms with Gasteiger partial charge in [-0.25, -0.2) is 4.98 Å². The van der Waals surface area contributed by atoms with Crippen LogP contribution < -0.4 is 20.1 Å². The summed E-state index contributed by atoms with van der Waals surface area (Å²) in [6, 6.07) is 7.59. The Morgan fingerprint density at radius 1 is 1.05 bits per heavy atom. The molecule has 0 saturated heterocycles. The number of hydrogen-bond acceptors (Lipinski definition) is 6. The lowest BCUT2D eigenvalue weighted by atomic mass is 10.1. The van der Waals surface area contributed by atoms with Gasteiger partial charge in [0, 0.05) is 29.1 Å². The van der Waals surface area contributed by atoms with Gasteiger partial charge in [-0.3, -0.25) is 0 Å². The number of hydrogen-bond donors (Lipinski definition) is 2. The van der Waals surface area contributed by atoms with Crippen LogP contribution in [0, 0.1) is 6.92 Å². The van der Waals surface area contributed by atoms with Crippen LogP contribution >= 0.6 is 0 Å². The summed E-state index contributed by atoms with van der Waals surface area (Å²) in [5, 5.41) is 6.56. The molecule has 6 nitrogen and oxygen atoms in total. The van der Waals surface area contributed by atoms with Gasteiger partial charge in [0.1, 0.15) is 5.82 Å². The van der Waals surface area contributed by atoms with Crippen molar-refractivity contribution in [3.63, 3.8) is 0 Å². The summed E-state index contributed by atoms with van der Waals surface area (Å²) in [4.78, 5) is 8.92. The van der Waals surface area contributed by atoms with Gasteiger partial charge in [0.15, 0.2) is 11.5 Å². The first-order valence-electron chi connectivity index (χ1n) is 7.20. The topological polar surface area (TPSA) is 68.3 Å². The Morgan fingerprint density at radius 2 is 1.82 bits per heavy atom. The quantitative estimate of drug-likeness (QED) is 0.904. The highest BCUT2D eigenvalue weighted by Crippen LogP contribution is 2.34. The second-order valence-corrected chi connectivity index (χ2v) is 6.29. The lowest BCUT2D eigenvalue weighted by Crippen LogP contribution is -2.27. The molecule has 1 aliphatic rings. The van der Waals surface area contributed by atoms with Crippen LogP contribution in [-0.2, 0) is 0 Å². The summed E-state index contributed by atoms with van der Waals surface area (Å²) >= 11 is 0. The molecule has 0 aliphatic carbocycles. The normalized spacial score (nSPS) is 13.1. The molecule has 2 N–H and O–H groups in total. The molecule has 0 atom stereocenters. The van der Waals surface area contributed by atoms with Gasteiger partial charge in [0.25, 0.3) is 0 Å². The van der Waals surface area contributed by atoms with Crippen LogP contribution in [0.5, 0.6) is 11.5 Å². The minimum absolute atomic E-state index is 0.0587. The largest absolute Gasteiger partial charge is 0.454 e. The van der Waals surface area contributed by atoms with Crippen molar-refractivity contribution in [2.45, 2.75) is 33.2 Å². The molecule has 0 spiro atoms. The van der Waals surface area contributed by atoms with E-state index in [9.17, 15) is 0 Å². The van der Waals surface area contributed by atoms with Gasteiger partial charge >= 0.3 is 0 Å². The van der Waals surface area contributed by atoms with E-state index < -0.39 is 0 Å². The zero-order chi connectivity index (χ0) is 15.7. The molecule has 2 heterocycles. The molecule has 0 bridgehead atoms. The smallest absolute Gasteiger partial charge is 0.231 e. The van der Waals surface area contributed by atoms with E-state index in [1.54, 1.807) is 0 Å².